The van der Waals surface area contributed by atoms with Crippen molar-refractivity contribution < 1.29 is 17.6 Å². The Morgan fingerprint density at radius 1 is 1.11 bits per heavy atom. The van der Waals surface area contributed by atoms with Crippen LogP contribution in [0.4, 0.5) is 13.2 Å². The molecule has 0 N–H and O–H groups in total. The summed E-state index contributed by atoms with van der Waals surface area (Å²) in [5.74, 6) is 0.399. The Bertz CT molecular complexity index is 1100. The molecule has 0 aliphatic heterocycles. The molecular formula is C19H15F3N4O. The summed E-state index contributed by atoms with van der Waals surface area (Å²) in [7, 11) is 0. The molecule has 0 saturated carbocycles. The number of oxazole rings is 1. The Balaban J connectivity index is 1.76. The second-order valence-corrected chi connectivity index (χ2v) is 6.29. The van der Waals surface area contributed by atoms with E-state index in [1.165, 1.54) is 12.1 Å². The standard InChI is InChI=1S/C19H15F3N4O/c1-11-10-27-18(25-11)12(2)16-7-8-23-17-15(9-24-26(16)17)13-3-5-14(6-4-13)19(20,21)22/h3-10,12H,1-2H3. The predicted octanol–water partition coefficient (Wildman–Crippen LogP) is 4.86. The monoisotopic (exact) mass is 372 g/mol. The van der Waals surface area contributed by atoms with E-state index in [1.807, 2.05) is 19.9 Å². The maximum absolute atomic E-state index is 12.8. The molecule has 0 fully saturated rings. The number of nitrogens with zero attached hydrogens (tertiary/aromatic N) is 4. The third-order valence-corrected chi connectivity index (χ3v) is 4.40. The summed E-state index contributed by atoms with van der Waals surface area (Å²) in [6.07, 6.45) is 0.462. The van der Waals surface area contributed by atoms with Crippen LogP contribution < -0.4 is 0 Å². The third kappa shape index (κ3) is 3.07. The van der Waals surface area contributed by atoms with Gasteiger partial charge in [-0.1, -0.05) is 12.1 Å². The first-order valence-corrected chi connectivity index (χ1v) is 8.27. The van der Waals surface area contributed by atoms with E-state index < -0.39 is 11.7 Å². The largest absolute Gasteiger partial charge is 0.448 e. The van der Waals surface area contributed by atoms with Crippen molar-refractivity contribution in [3.8, 4) is 11.1 Å². The van der Waals surface area contributed by atoms with Crippen molar-refractivity contribution in [2.75, 3.05) is 0 Å². The van der Waals surface area contributed by atoms with Crippen LogP contribution in [0.2, 0.25) is 0 Å². The molecule has 1 atom stereocenters. The number of hydrogen-bond acceptors (Lipinski definition) is 4. The third-order valence-electron chi connectivity index (χ3n) is 4.40. The molecule has 138 valence electrons. The van der Waals surface area contributed by atoms with Gasteiger partial charge < -0.3 is 4.42 Å². The van der Waals surface area contributed by atoms with Crippen LogP contribution in [0.15, 0.2) is 53.4 Å². The molecule has 27 heavy (non-hydrogen) atoms. The van der Waals surface area contributed by atoms with E-state index in [2.05, 4.69) is 15.1 Å². The quantitative estimate of drug-likeness (QED) is 0.515. The van der Waals surface area contributed by atoms with Gasteiger partial charge in [-0.25, -0.2) is 14.5 Å². The number of aryl methyl sites for hydroxylation is 1. The molecular weight excluding hydrogens is 357 g/mol. The minimum Gasteiger partial charge on any atom is -0.448 e. The zero-order valence-corrected chi connectivity index (χ0v) is 14.5. The number of fused-ring (bicyclic) bond motifs is 1. The minimum absolute atomic E-state index is 0.162. The van der Waals surface area contributed by atoms with Crippen molar-refractivity contribution in [2.24, 2.45) is 0 Å². The summed E-state index contributed by atoms with van der Waals surface area (Å²) in [6, 6.07) is 6.78. The topological polar surface area (TPSA) is 56.2 Å². The number of benzene rings is 1. The van der Waals surface area contributed by atoms with E-state index in [4.69, 9.17) is 4.42 Å². The van der Waals surface area contributed by atoms with Crippen LogP contribution in [0.25, 0.3) is 16.8 Å². The molecule has 0 aliphatic rings. The smallest absolute Gasteiger partial charge is 0.416 e. The molecule has 3 heterocycles. The maximum Gasteiger partial charge on any atom is 0.416 e. The highest BCUT2D eigenvalue weighted by molar-refractivity contribution is 5.77. The fraction of sp³-hybridized carbons (Fsp3) is 0.211. The van der Waals surface area contributed by atoms with Crippen LogP contribution in [0, 0.1) is 6.92 Å². The first kappa shape index (κ1) is 17.3. The minimum atomic E-state index is -4.37. The van der Waals surface area contributed by atoms with Gasteiger partial charge in [0.05, 0.1) is 29.1 Å². The van der Waals surface area contributed by atoms with Gasteiger partial charge in [0, 0.05) is 11.8 Å². The maximum atomic E-state index is 12.8. The number of aromatic nitrogens is 4. The zero-order chi connectivity index (χ0) is 19.2. The van der Waals surface area contributed by atoms with Gasteiger partial charge in [-0.2, -0.15) is 18.3 Å². The van der Waals surface area contributed by atoms with Crippen molar-refractivity contribution >= 4 is 5.65 Å². The molecule has 3 aromatic heterocycles. The van der Waals surface area contributed by atoms with E-state index in [9.17, 15) is 13.2 Å². The Morgan fingerprint density at radius 2 is 1.85 bits per heavy atom. The summed E-state index contributed by atoms with van der Waals surface area (Å²) in [4.78, 5) is 8.71. The molecule has 0 radical (unpaired) electrons. The second kappa shape index (κ2) is 6.22. The number of hydrogen-bond donors (Lipinski definition) is 0. The van der Waals surface area contributed by atoms with Gasteiger partial charge in [0.1, 0.15) is 6.26 Å². The van der Waals surface area contributed by atoms with Gasteiger partial charge >= 0.3 is 6.18 Å². The summed E-state index contributed by atoms with van der Waals surface area (Å²) in [5, 5.41) is 4.38. The molecule has 0 amide bonds. The normalized spacial score (nSPS) is 13.2. The van der Waals surface area contributed by atoms with Gasteiger partial charge in [0.15, 0.2) is 5.65 Å². The Kier molecular flexibility index (Phi) is 3.98. The van der Waals surface area contributed by atoms with Gasteiger partial charge in [0.25, 0.3) is 0 Å². The highest BCUT2D eigenvalue weighted by Gasteiger charge is 2.30. The first-order valence-electron chi connectivity index (χ1n) is 8.27. The lowest BCUT2D eigenvalue weighted by Crippen LogP contribution is -2.06. The molecule has 0 saturated heterocycles. The first-order chi connectivity index (χ1) is 12.8. The lowest BCUT2D eigenvalue weighted by molar-refractivity contribution is -0.137. The van der Waals surface area contributed by atoms with Crippen LogP contribution in [0.5, 0.6) is 0 Å². The van der Waals surface area contributed by atoms with Crippen molar-refractivity contribution in [2.45, 2.75) is 25.9 Å². The number of alkyl halides is 3. The lowest BCUT2D eigenvalue weighted by atomic mass is 10.1. The summed E-state index contributed by atoms with van der Waals surface area (Å²) in [6.45, 7) is 3.79. The van der Waals surface area contributed by atoms with Crippen LogP contribution in [-0.4, -0.2) is 19.6 Å². The van der Waals surface area contributed by atoms with Gasteiger partial charge in [-0.05, 0) is 37.6 Å². The van der Waals surface area contributed by atoms with Gasteiger partial charge in [0.2, 0.25) is 5.89 Å². The molecule has 1 unspecified atom stereocenters. The van der Waals surface area contributed by atoms with Crippen molar-refractivity contribution in [1.82, 2.24) is 19.6 Å². The average Bonchev–Trinajstić information content (AvgIpc) is 3.26. The fourth-order valence-electron chi connectivity index (χ4n) is 2.98. The van der Waals surface area contributed by atoms with Crippen LogP contribution in [0.1, 0.15) is 35.7 Å². The molecule has 4 rings (SSSR count). The van der Waals surface area contributed by atoms with Crippen molar-refractivity contribution in [3.05, 3.63) is 71.8 Å². The number of rotatable bonds is 3. The van der Waals surface area contributed by atoms with Gasteiger partial charge in [-0.15, -0.1) is 0 Å². The molecule has 1 aromatic carbocycles. The average molecular weight is 372 g/mol. The highest BCUT2D eigenvalue weighted by Crippen LogP contribution is 2.32. The highest BCUT2D eigenvalue weighted by atomic mass is 19.4. The lowest BCUT2D eigenvalue weighted by Gasteiger charge is -2.10. The molecule has 0 bridgehead atoms. The molecule has 0 aliphatic carbocycles. The van der Waals surface area contributed by atoms with Crippen LogP contribution in [-0.2, 0) is 6.18 Å². The van der Waals surface area contributed by atoms with Crippen LogP contribution >= 0.6 is 0 Å². The van der Waals surface area contributed by atoms with Gasteiger partial charge in [-0.3, -0.25) is 0 Å². The van der Waals surface area contributed by atoms with E-state index in [0.717, 1.165) is 23.5 Å². The van der Waals surface area contributed by atoms with Crippen molar-refractivity contribution in [3.63, 3.8) is 0 Å². The number of halogens is 3. The second-order valence-electron chi connectivity index (χ2n) is 6.29. The Hall–Kier alpha value is -3.16. The Labute approximate surface area is 152 Å². The summed E-state index contributed by atoms with van der Waals surface area (Å²) < 4.78 is 45.5. The van der Waals surface area contributed by atoms with E-state index in [-0.39, 0.29) is 5.92 Å². The predicted molar refractivity (Wildman–Crippen MR) is 92.2 cm³/mol. The zero-order valence-electron chi connectivity index (χ0n) is 14.5. The van der Waals surface area contributed by atoms with E-state index >= 15 is 0 Å². The SMILES string of the molecule is Cc1coc(C(C)c2ccnc3c(-c4ccc(C(F)(F)F)cc4)cnn23)n1. The van der Waals surface area contributed by atoms with Crippen molar-refractivity contribution in [1.29, 1.82) is 0 Å². The van der Waals surface area contributed by atoms with E-state index in [1.54, 1.807) is 23.2 Å². The van der Waals surface area contributed by atoms with Crippen LogP contribution in [0.3, 0.4) is 0 Å². The summed E-state index contributed by atoms with van der Waals surface area (Å²) in [5.41, 5.74) is 2.74. The summed E-state index contributed by atoms with van der Waals surface area (Å²) >= 11 is 0. The fourth-order valence-corrected chi connectivity index (χ4v) is 2.98. The molecule has 5 nitrogen and oxygen atoms in total. The Morgan fingerprint density at radius 3 is 2.48 bits per heavy atom. The van der Waals surface area contributed by atoms with E-state index in [0.29, 0.717) is 22.7 Å². The molecule has 8 heteroatoms. The molecule has 0 spiro atoms. The molecule has 4 aromatic rings.